The Morgan fingerprint density at radius 1 is 0.667 bits per heavy atom. The van der Waals surface area contributed by atoms with Crippen LogP contribution in [0.25, 0.3) is 0 Å². The molecule has 3 aromatic carbocycles. The molecular formula is C25H32N4O. The van der Waals surface area contributed by atoms with Gasteiger partial charge in [0.2, 0.25) is 0 Å². The Morgan fingerprint density at radius 3 is 1.43 bits per heavy atom. The Bertz CT molecular complexity index is 867. The molecule has 1 atom stereocenters. The van der Waals surface area contributed by atoms with Crippen molar-refractivity contribution in [2.75, 3.05) is 56.2 Å². The lowest BCUT2D eigenvalue weighted by Crippen LogP contribution is -2.24. The molecular weight excluding hydrogens is 372 g/mol. The lowest BCUT2D eigenvalue weighted by atomic mass is 9.85. The number of nitrogens with two attached hydrogens (primary N) is 1. The maximum Gasteiger partial charge on any atom is 0.0606 e. The summed E-state index contributed by atoms with van der Waals surface area (Å²) in [4.78, 5) is 4.16. The van der Waals surface area contributed by atoms with Crippen molar-refractivity contribution < 1.29 is 5.11 Å². The van der Waals surface area contributed by atoms with Crippen LogP contribution in [0.3, 0.4) is 0 Å². The van der Waals surface area contributed by atoms with Crippen molar-refractivity contribution in [1.82, 2.24) is 0 Å². The predicted molar refractivity (Wildman–Crippen MR) is 128 cm³/mol. The second-order valence-corrected chi connectivity index (χ2v) is 7.86. The molecule has 0 fully saturated rings. The van der Waals surface area contributed by atoms with Crippen LogP contribution in [0.1, 0.15) is 22.6 Å². The summed E-state index contributed by atoms with van der Waals surface area (Å²) in [6, 6.07) is 25.7. The van der Waals surface area contributed by atoms with E-state index in [2.05, 4.69) is 96.7 Å². The molecule has 0 heterocycles. The third kappa shape index (κ3) is 4.93. The number of nitrogens with zero attached hydrogens (tertiary/aromatic N) is 3. The van der Waals surface area contributed by atoms with E-state index in [-0.39, 0.29) is 12.5 Å². The number of benzene rings is 3. The van der Waals surface area contributed by atoms with E-state index in [1.807, 2.05) is 14.1 Å². The van der Waals surface area contributed by atoms with Crippen LogP contribution in [0.4, 0.5) is 17.1 Å². The summed E-state index contributed by atoms with van der Waals surface area (Å²) in [6.45, 7) is 0.754. The van der Waals surface area contributed by atoms with E-state index in [1.54, 1.807) is 5.01 Å². The van der Waals surface area contributed by atoms with Crippen LogP contribution in [0.2, 0.25) is 0 Å². The van der Waals surface area contributed by atoms with Gasteiger partial charge >= 0.3 is 0 Å². The fraction of sp³-hybridized carbons (Fsp3) is 0.280. The molecule has 3 N–H and O–H groups in total. The van der Waals surface area contributed by atoms with Gasteiger partial charge in [-0.05, 0) is 53.1 Å². The number of hydrogen-bond donors (Lipinski definition) is 2. The van der Waals surface area contributed by atoms with Gasteiger partial charge in [-0.3, -0.25) is 0 Å². The van der Waals surface area contributed by atoms with Gasteiger partial charge in [0.1, 0.15) is 0 Å². The fourth-order valence-electron chi connectivity index (χ4n) is 3.64. The number of aliphatic hydroxyl groups excluding tert-OH is 1. The standard InChI is InChI=1S/C25H32N4O/c1-27(2)22-11-5-19(6-12-22)25(21-9-15-24(16-10-21)29(4)26)20-7-13-23(14-8-20)28(3)17-18-30/h5-16,25,30H,17-18,26H2,1-4H3. The smallest absolute Gasteiger partial charge is 0.0606 e. The first-order chi connectivity index (χ1) is 14.4. The van der Waals surface area contributed by atoms with Crippen molar-refractivity contribution in [3.8, 4) is 0 Å². The maximum atomic E-state index is 9.20. The summed E-state index contributed by atoms with van der Waals surface area (Å²) in [5, 5.41) is 10.8. The molecule has 5 heteroatoms. The molecule has 0 bridgehead atoms. The summed E-state index contributed by atoms with van der Waals surface area (Å²) in [7, 11) is 7.94. The van der Waals surface area contributed by atoms with Crippen molar-refractivity contribution in [1.29, 1.82) is 0 Å². The minimum absolute atomic E-state index is 0.121. The van der Waals surface area contributed by atoms with Crippen molar-refractivity contribution in [2.24, 2.45) is 5.84 Å². The summed E-state index contributed by atoms with van der Waals surface area (Å²) in [5.74, 6) is 6.00. The third-order valence-electron chi connectivity index (χ3n) is 5.48. The lowest BCUT2D eigenvalue weighted by molar-refractivity contribution is 0.304. The van der Waals surface area contributed by atoms with E-state index in [9.17, 15) is 5.11 Å². The molecule has 0 saturated carbocycles. The lowest BCUT2D eigenvalue weighted by Gasteiger charge is -2.23. The van der Waals surface area contributed by atoms with E-state index in [1.165, 1.54) is 22.4 Å². The zero-order valence-corrected chi connectivity index (χ0v) is 18.3. The molecule has 3 aromatic rings. The first-order valence-electron chi connectivity index (χ1n) is 10.2. The van der Waals surface area contributed by atoms with Crippen LogP contribution in [0, 0.1) is 0 Å². The molecule has 3 rings (SSSR count). The second kappa shape index (κ2) is 9.65. The molecule has 158 valence electrons. The SMILES string of the molecule is CN(C)c1ccc(C(c2ccc(N(C)N)cc2)c2ccc(N(C)CCO)cc2)cc1. The number of rotatable bonds is 8. The van der Waals surface area contributed by atoms with Gasteiger partial charge in [-0.25, -0.2) is 5.84 Å². The Labute approximate surface area is 179 Å². The monoisotopic (exact) mass is 404 g/mol. The minimum atomic E-state index is 0.121. The van der Waals surface area contributed by atoms with Crippen LogP contribution >= 0.6 is 0 Å². The highest BCUT2D eigenvalue weighted by molar-refractivity contribution is 5.55. The third-order valence-corrected chi connectivity index (χ3v) is 5.48. The topological polar surface area (TPSA) is 56.0 Å². The molecule has 1 unspecified atom stereocenters. The summed E-state index contributed by atoms with van der Waals surface area (Å²) < 4.78 is 0. The predicted octanol–water partition coefficient (Wildman–Crippen LogP) is 3.67. The fourth-order valence-corrected chi connectivity index (χ4v) is 3.64. The van der Waals surface area contributed by atoms with E-state index in [0.717, 1.165) is 11.4 Å². The summed E-state index contributed by atoms with van der Waals surface area (Å²) in [6.07, 6.45) is 0. The van der Waals surface area contributed by atoms with Crippen LogP contribution in [-0.4, -0.2) is 46.4 Å². The number of likely N-dealkylation sites (N-methyl/N-ethyl adjacent to an activating group) is 1. The van der Waals surface area contributed by atoms with E-state index in [4.69, 9.17) is 5.84 Å². The molecule has 0 aliphatic heterocycles. The Morgan fingerprint density at radius 2 is 1.07 bits per heavy atom. The van der Waals surface area contributed by atoms with Gasteiger partial charge in [-0.2, -0.15) is 0 Å². The molecule has 0 amide bonds. The van der Waals surface area contributed by atoms with Gasteiger partial charge in [-0.15, -0.1) is 0 Å². The van der Waals surface area contributed by atoms with Gasteiger partial charge in [0.05, 0.1) is 12.3 Å². The van der Waals surface area contributed by atoms with Crippen LogP contribution < -0.4 is 20.7 Å². The van der Waals surface area contributed by atoms with Crippen molar-refractivity contribution in [3.63, 3.8) is 0 Å². The Kier molecular flexibility index (Phi) is 6.98. The number of hydrogen-bond acceptors (Lipinski definition) is 5. The highest BCUT2D eigenvalue weighted by Gasteiger charge is 2.18. The van der Waals surface area contributed by atoms with E-state index >= 15 is 0 Å². The van der Waals surface area contributed by atoms with E-state index < -0.39 is 0 Å². The summed E-state index contributed by atoms with van der Waals surface area (Å²) >= 11 is 0. The zero-order chi connectivity index (χ0) is 21.7. The molecule has 0 radical (unpaired) electrons. The average molecular weight is 405 g/mol. The van der Waals surface area contributed by atoms with Crippen LogP contribution in [-0.2, 0) is 0 Å². The minimum Gasteiger partial charge on any atom is -0.395 e. The molecule has 5 nitrogen and oxygen atoms in total. The first kappa shape index (κ1) is 21.7. The average Bonchev–Trinajstić information content (AvgIpc) is 2.75. The highest BCUT2D eigenvalue weighted by atomic mass is 16.3. The molecule has 0 saturated heterocycles. The summed E-state index contributed by atoms with van der Waals surface area (Å²) in [5.41, 5.74) is 6.93. The molecule has 30 heavy (non-hydrogen) atoms. The zero-order valence-electron chi connectivity index (χ0n) is 18.3. The highest BCUT2D eigenvalue weighted by Crippen LogP contribution is 2.34. The van der Waals surface area contributed by atoms with Gasteiger partial charge in [0.15, 0.2) is 0 Å². The number of anilines is 3. The number of aliphatic hydroxyl groups is 1. The molecule has 0 aliphatic rings. The molecule has 0 aromatic heterocycles. The Balaban J connectivity index is 2.00. The Hall–Kier alpha value is -3.02. The van der Waals surface area contributed by atoms with Crippen molar-refractivity contribution in [3.05, 3.63) is 89.5 Å². The normalized spacial score (nSPS) is 11.8. The molecule has 0 aliphatic carbocycles. The number of hydrazine groups is 1. The van der Waals surface area contributed by atoms with Crippen LogP contribution in [0.5, 0.6) is 0 Å². The maximum absolute atomic E-state index is 9.20. The first-order valence-corrected chi connectivity index (χ1v) is 10.2. The second-order valence-electron chi connectivity index (χ2n) is 7.86. The van der Waals surface area contributed by atoms with E-state index in [0.29, 0.717) is 6.54 Å². The molecule has 0 spiro atoms. The van der Waals surface area contributed by atoms with Crippen molar-refractivity contribution in [2.45, 2.75) is 5.92 Å². The van der Waals surface area contributed by atoms with Gasteiger partial charge in [-0.1, -0.05) is 36.4 Å². The van der Waals surface area contributed by atoms with Gasteiger partial charge in [0, 0.05) is 52.0 Å². The van der Waals surface area contributed by atoms with Crippen LogP contribution in [0.15, 0.2) is 72.8 Å². The van der Waals surface area contributed by atoms with Gasteiger partial charge in [0.25, 0.3) is 0 Å². The van der Waals surface area contributed by atoms with Crippen molar-refractivity contribution >= 4 is 17.1 Å². The quantitative estimate of drug-likeness (QED) is 0.341. The largest absolute Gasteiger partial charge is 0.395 e. The van der Waals surface area contributed by atoms with Gasteiger partial charge < -0.3 is 19.9 Å².